The standard InChI is InChI=1S/C18H14O5/c1-10-8-16(19)23-15-9-13(6-7-14(10)15)17(20)11-2-4-12(5-3-11)18(21)22/h2-9,17,20H,1H3,(H,21,22). The maximum absolute atomic E-state index is 11.5. The Hall–Kier alpha value is -2.92. The quantitative estimate of drug-likeness (QED) is 0.726. The van der Waals surface area contributed by atoms with Crippen molar-refractivity contribution < 1.29 is 19.4 Å². The summed E-state index contributed by atoms with van der Waals surface area (Å²) in [5, 5.41) is 20.2. The number of hydrogen-bond acceptors (Lipinski definition) is 4. The minimum atomic E-state index is -1.02. The first-order chi connectivity index (χ1) is 11.0. The summed E-state index contributed by atoms with van der Waals surface area (Å²) in [7, 11) is 0. The molecule has 0 aliphatic carbocycles. The number of fused-ring (bicyclic) bond motifs is 1. The van der Waals surface area contributed by atoms with E-state index in [4.69, 9.17) is 9.52 Å². The van der Waals surface area contributed by atoms with Crippen molar-refractivity contribution in [1.29, 1.82) is 0 Å². The average molecular weight is 310 g/mol. The molecule has 5 nitrogen and oxygen atoms in total. The Balaban J connectivity index is 2.01. The summed E-state index contributed by atoms with van der Waals surface area (Å²) in [4.78, 5) is 22.3. The number of aryl methyl sites for hydroxylation is 1. The predicted octanol–water partition coefficient (Wildman–Crippen LogP) is 2.88. The highest BCUT2D eigenvalue weighted by Crippen LogP contribution is 2.26. The van der Waals surface area contributed by atoms with Crippen molar-refractivity contribution in [2.45, 2.75) is 13.0 Å². The number of rotatable bonds is 3. The number of hydrogen-bond donors (Lipinski definition) is 2. The molecule has 0 radical (unpaired) electrons. The van der Waals surface area contributed by atoms with E-state index in [1.165, 1.54) is 18.2 Å². The zero-order valence-corrected chi connectivity index (χ0v) is 12.3. The first-order valence-corrected chi connectivity index (χ1v) is 7.01. The third kappa shape index (κ3) is 2.86. The molecule has 0 aliphatic rings. The second kappa shape index (κ2) is 5.70. The van der Waals surface area contributed by atoms with Gasteiger partial charge in [0.05, 0.1) is 5.56 Å². The zero-order chi connectivity index (χ0) is 16.6. The lowest BCUT2D eigenvalue weighted by atomic mass is 9.99. The van der Waals surface area contributed by atoms with E-state index >= 15 is 0 Å². The van der Waals surface area contributed by atoms with Crippen molar-refractivity contribution in [1.82, 2.24) is 0 Å². The highest BCUT2D eigenvalue weighted by atomic mass is 16.4. The van der Waals surface area contributed by atoms with Crippen molar-refractivity contribution in [3.8, 4) is 0 Å². The summed E-state index contributed by atoms with van der Waals surface area (Å²) >= 11 is 0. The van der Waals surface area contributed by atoms with Crippen molar-refractivity contribution in [2.24, 2.45) is 0 Å². The molecule has 3 aromatic rings. The van der Waals surface area contributed by atoms with Gasteiger partial charge in [0.15, 0.2) is 0 Å². The summed E-state index contributed by atoms with van der Waals surface area (Å²) in [5.74, 6) is -1.02. The normalized spacial score (nSPS) is 12.3. The Bertz CT molecular complexity index is 938. The second-order valence-corrected chi connectivity index (χ2v) is 5.33. The molecule has 1 aromatic heterocycles. The first-order valence-electron chi connectivity index (χ1n) is 7.01. The number of benzene rings is 2. The molecule has 0 saturated heterocycles. The van der Waals surface area contributed by atoms with Gasteiger partial charge in [0.25, 0.3) is 0 Å². The van der Waals surface area contributed by atoms with Crippen LogP contribution in [0.3, 0.4) is 0 Å². The number of carboxylic acids is 1. The second-order valence-electron chi connectivity index (χ2n) is 5.33. The van der Waals surface area contributed by atoms with Crippen LogP contribution in [0.4, 0.5) is 0 Å². The number of aliphatic hydroxyl groups is 1. The lowest BCUT2D eigenvalue weighted by Gasteiger charge is -2.12. The molecule has 0 amide bonds. The smallest absolute Gasteiger partial charge is 0.336 e. The van der Waals surface area contributed by atoms with Crippen LogP contribution in [0.25, 0.3) is 11.0 Å². The monoisotopic (exact) mass is 310 g/mol. The number of aliphatic hydroxyl groups excluding tert-OH is 1. The van der Waals surface area contributed by atoms with Gasteiger partial charge in [-0.1, -0.05) is 24.3 Å². The number of carbonyl (C=O) groups is 1. The van der Waals surface area contributed by atoms with Crippen molar-refractivity contribution in [3.63, 3.8) is 0 Å². The minimum Gasteiger partial charge on any atom is -0.478 e. The van der Waals surface area contributed by atoms with E-state index < -0.39 is 17.7 Å². The van der Waals surface area contributed by atoms with Gasteiger partial charge in [-0.15, -0.1) is 0 Å². The van der Waals surface area contributed by atoms with Crippen LogP contribution in [0.1, 0.15) is 33.2 Å². The molecule has 1 heterocycles. The third-order valence-electron chi connectivity index (χ3n) is 3.76. The summed E-state index contributed by atoms with van der Waals surface area (Å²) in [6, 6.07) is 12.6. The molecule has 116 valence electrons. The van der Waals surface area contributed by atoms with Gasteiger partial charge in [0.1, 0.15) is 11.7 Å². The molecule has 1 unspecified atom stereocenters. The molecular weight excluding hydrogens is 296 g/mol. The molecule has 0 saturated carbocycles. The number of carboxylic acid groups (broad SMARTS) is 1. The van der Waals surface area contributed by atoms with Crippen molar-refractivity contribution in [2.75, 3.05) is 0 Å². The van der Waals surface area contributed by atoms with Gasteiger partial charge in [-0.25, -0.2) is 9.59 Å². The highest BCUT2D eigenvalue weighted by Gasteiger charge is 2.13. The predicted molar refractivity (Wildman–Crippen MR) is 84.7 cm³/mol. The van der Waals surface area contributed by atoms with Crippen molar-refractivity contribution >= 4 is 16.9 Å². The minimum absolute atomic E-state index is 0.154. The van der Waals surface area contributed by atoms with Crippen LogP contribution in [0, 0.1) is 6.92 Å². The Morgan fingerprint density at radius 3 is 2.35 bits per heavy atom. The van der Waals surface area contributed by atoms with Gasteiger partial charge >= 0.3 is 11.6 Å². The van der Waals surface area contributed by atoms with Crippen LogP contribution in [0.2, 0.25) is 0 Å². The molecule has 3 rings (SSSR count). The van der Waals surface area contributed by atoms with Crippen LogP contribution in [0.15, 0.2) is 57.7 Å². The van der Waals surface area contributed by atoms with E-state index in [9.17, 15) is 14.7 Å². The molecule has 1 atom stereocenters. The molecule has 23 heavy (non-hydrogen) atoms. The summed E-state index contributed by atoms with van der Waals surface area (Å²) in [5.41, 5.74) is 2.06. The topological polar surface area (TPSA) is 87.7 Å². The molecule has 0 bridgehead atoms. The summed E-state index contributed by atoms with van der Waals surface area (Å²) in [6.45, 7) is 1.82. The maximum Gasteiger partial charge on any atom is 0.336 e. The Labute approximate surface area is 131 Å². The van der Waals surface area contributed by atoms with Crippen LogP contribution in [0.5, 0.6) is 0 Å². The molecular formula is C18H14O5. The highest BCUT2D eigenvalue weighted by molar-refractivity contribution is 5.87. The lowest BCUT2D eigenvalue weighted by molar-refractivity contribution is 0.0696. The van der Waals surface area contributed by atoms with Gasteiger partial charge in [0.2, 0.25) is 0 Å². The lowest BCUT2D eigenvalue weighted by Crippen LogP contribution is -2.03. The molecule has 0 fully saturated rings. The van der Waals surface area contributed by atoms with E-state index in [1.807, 2.05) is 6.92 Å². The Morgan fingerprint density at radius 2 is 1.70 bits per heavy atom. The number of aromatic carboxylic acids is 1. The molecule has 0 spiro atoms. The van der Waals surface area contributed by atoms with Crippen molar-refractivity contribution in [3.05, 3.63) is 81.2 Å². The molecule has 2 aromatic carbocycles. The van der Waals surface area contributed by atoms with Gasteiger partial charge in [-0.2, -0.15) is 0 Å². The maximum atomic E-state index is 11.5. The zero-order valence-electron chi connectivity index (χ0n) is 12.3. The van der Waals surface area contributed by atoms with Gasteiger partial charge in [0, 0.05) is 11.5 Å². The van der Waals surface area contributed by atoms with E-state index in [0.717, 1.165) is 10.9 Å². The fourth-order valence-corrected chi connectivity index (χ4v) is 2.51. The molecule has 5 heteroatoms. The fourth-order valence-electron chi connectivity index (χ4n) is 2.51. The van der Waals surface area contributed by atoms with Crippen LogP contribution in [-0.2, 0) is 0 Å². The summed E-state index contributed by atoms with van der Waals surface area (Å²) < 4.78 is 5.18. The largest absolute Gasteiger partial charge is 0.478 e. The van der Waals surface area contributed by atoms with Gasteiger partial charge in [-0.05, 0) is 41.8 Å². The van der Waals surface area contributed by atoms with E-state index in [1.54, 1.807) is 30.3 Å². The van der Waals surface area contributed by atoms with Gasteiger partial charge < -0.3 is 14.6 Å². The SMILES string of the molecule is Cc1cc(=O)oc2cc(C(O)c3ccc(C(=O)O)cc3)ccc12. The van der Waals surface area contributed by atoms with E-state index in [2.05, 4.69) is 0 Å². The Kier molecular flexibility index (Phi) is 3.72. The third-order valence-corrected chi connectivity index (χ3v) is 3.76. The average Bonchev–Trinajstić information content (AvgIpc) is 2.53. The van der Waals surface area contributed by atoms with Crippen LogP contribution in [-0.4, -0.2) is 16.2 Å². The van der Waals surface area contributed by atoms with E-state index in [0.29, 0.717) is 16.7 Å². The van der Waals surface area contributed by atoms with Crippen LogP contribution < -0.4 is 5.63 Å². The van der Waals surface area contributed by atoms with Gasteiger partial charge in [-0.3, -0.25) is 0 Å². The summed E-state index contributed by atoms with van der Waals surface area (Å²) in [6.07, 6.45) is -0.937. The molecule has 0 aliphatic heterocycles. The molecule has 2 N–H and O–H groups in total. The first kappa shape index (κ1) is 15.0. The Morgan fingerprint density at radius 1 is 1.04 bits per heavy atom. The fraction of sp³-hybridized carbons (Fsp3) is 0.111. The van der Waals surface area contributed by atoms with E-state index in [-0.39, 0.29) is 5.56 Å². The van der Waals surface area contributed by atoms with Crippen LogP contribution >= 0.6 is 0 Å².